The van der Waals surface area contributed by atoms with Gasteiger partial charge in [-0.15, -0.1) is 0 Å². The van der Waals surface area contributed by atoms with E-state index in [1.54, 1.807) is 37.3 Å². The molecule has 0 aromatic heterocycles. The molecule has 1 heterocycles. The van der Waals surface area contributed by atoms with Crippen LogP contribution in [0.25, 0.3) is 0 Å². The number of aryl methyl sites for hydroxylation is 1. The van der Waals surface area contributed by atoms with E-state index < -0.39 is 40.0 Å². The molecule has 0 bridgehead atoms. The summed E-state index contributed by atoms with van der Waals surface area (Å²) < 4.78 is 25.9. The Hall–Kier alpha value is -3.24. The van der Waals surface area contributed by atoms with E-state index in [1.165, 1.54) is 26.2 Å². The molecule has 2 N–H and O–H groups in total. The lowest BCUT2D eigenvalue weighted by Crippen LogP contribution is -2.44. The highest BCUT2D eigenvalue weighted by molar-refractivity contribution is 7.89. The van der Waals surface area contributed by atoms with Gasteiger partial charge >= 0.3 is 6.03 Å². The third kappa shape index (κ3) is 4.62. The summed E-state index contributed by atoms with van der Waals surface area (Å²) in [6.07, 6.45) is 1.04. The molecule has 1 atom stereocenters. The summed E-state index contributed by atoms with van der Waals surface area (Å²) in [5.41, 5.74) is 0.370. The Morgan fingerprint density at radius 1 is 1.12 bits per heavy atom. The molecule has 1 fully saturated rings. The topological polar surface area (TPSA) is 116 Å². The lowest BCUT2D eigenvalue weighted by atomic mass is 9.85. The maximum absolute atomic E-state index is 13.3. The van der Waals surface area contributed by atoms with Gasteiger partial charge in [0.05, 0.1) is 4.90 Å². The fourth-order valence-electron chi connectivity index (χ4n) is 3.82. The van der Waals surface area contributed by atoms with Crippen molar-refractivity contribution in [2.24, 2.45) is 0 Å². The molecule has 9 nitrogen and oxygen atoms in total. The number of carbonyl (C=O) groups excluding carboxylic acids is 3. The van der Waals surface area contributed by atoms with Crippen LogP contribution in [0, 0.1) is 6.92 Å². The summed E-state index contributed by atoms with van der Waals surface area (Å²) in [5.74, 6) is -1.10. The Labute approximate surface area is 193 Å². The Morgan fingerprint density at radius 2 is 1.79 bits per heavy atom. The second-order valence-electron chi connectivity index (χ2n) is 8.16. The highest BCUT2D eigenvalue weighted by Crippen LogP contribution is 2.33. The standard InChI is InChI=1S/C23H28N4O5S/c1-5-13-23(17-9-7-6-8-10-17)21(29)27(22(30)25-23)15-20(28)24-19-14-18(12-11-16(19)2)33(31,32)26(3)4/h6-12,14H,5,13,15H2,1-4H3,(H,24,28)(H,25,30). The van der Waals surface area contributed by atoms with Gasteiger partial charge in [0.2, 0.25) is 15.9 Å². The van der Waals surface area contributed by atoms with Gasteiger partial charge in [-0.1, -0.05) is 49.7 Å². The minimum atomic E-state index is -3.69. The van der Waals surface area contributed by atoms with Crippen LogP contribution in [0.2, 0.25) is 0 Å². The fraction of sp³-hybridized carbons (Fsp3) is 0.348. The van der Waals surface area contributed by atoms with E-state index in [2.05, 4.69) is 10.6 Å². The first kappa shape index (κ1) is 24.4. The van der Waals surface area contributed by atoms with Crippen molar-refractivity contribution in [2.75, 3.05) is 26.0 Å². The number of urea groups is 1. The van der Waals surface area contributed by atoms with Gasteiger partial charge in [-0.3, -0.25) is 14.5 Å². The molecular formula is C23H28N4O5S. The molecule has 4 amide bonds. The van der Waals surface area contributed by atoms with Crippen LogP contribution in [0.4, 0.5) is 10.5 Å². The summed E-state index contributed by atoms with van der Waals surface area (Å²) in [5, 5.41) is 5.41. The quantitative estimate of drug-likeness (QED) is 0.573. The average molecular weight is 473 g/mol. The van der Waals surface area contributed by atoms with Gasteiger partial charge in [0.1, 0.15) is 12.1 Å². The smallest absolute Gasteiger partial charge is 0.324 e. The summed E-state index contributed by atoms with van der Waals surface area (Å²) in [4.78, 5) is 39.7. The molecule has 1 aliphatic rings. The SMILES string of the molecule is CCCC1(c2ccccc2)NC(=O)N(CC(=O)Nc2cc(S(=O)(=O)N(C)C)ccc2C)C1=O. The van der Waals surface area contributed by atoms with Crippen LogP contribution in [0.1, 0.15) is 30.9 Å². The number of amides is 4. The van der Waals surface area contributed by atoms with Crippen LogP contribution in [0.5, 0.6) is 0 Å². The Bertz CT molecular complexity index is 1180. The van der Waals surface area contributed by atoms with Crippen molar-refractivity contribution in [1.29, 1.82) is 0 Å². The predicted octanol–water partition coefficient (Wildman–Crippen LogP) is 2.43. The number of imide groups is 1. The zero-order chi connectivity index (χ0) is 24.4. The summed E-state index contributed by atoms with van der Waals surface area (Å²) in [7, 11) is -0.857. The molecule has 2 aromatic rings. The van der Waals surface area contributed by atoms with Crippen LogP contribution >= 0.6 is 0 Å². The second-order valence-corrected chi connectivity index (χ2v) is 10.3. The van der Waals surface area contributed by atoms with Crippen molar-refractivity contribution in [3.63, 3.8) is 0 Å². The number of anilines is 1. The number of benzene rings is 2. The Morgan fingerprint density at radius 3 is 2.39 bits per heavy atom. The van der Waals surface area contributed by atoms with Gasteiger partial charge in [-0.2, -0.15) is 0 Å². The van der Waals surface area contributed by atoms with Gasteiger partial charge in [0.15, 0.2) is 0 Å². The number of hydrogen-bond acceptors (Lipinski definition) is 5. The van der Waals surface area contributed by atoms with Crippen LogP contribution in [-0.4, -0.2) is 56.1 Å². The van der Waals surface area contributed by atoms with Crippen molar-refractivity contribution in [1.82, 2.24) is 14.5 Å². The van der Waals surface area contributed by atoms with Gasteiger partial charge in [0, 0.05) is 19.8 Å². The van der Waals surface area contributed by atoms with Gasteiger partial charge < -0.3 is 10.6 Å². The molecule has 10 heteroatoms. The number of nitrogens with one attached hydrogen (secondary N) is 2. The van der Waals surface area contributed by atoms with Crippen molar-refractivity contribution in [3.05, 3.63) is 59.7 Å². The fourth-order valence-corrected chi connectivity index (χ4v) is 4.75. The molecule has 2 aromatic carbocycles. The zero-order valence-electron chi connectivity index (χ0n) is 19.1. The zero-order valence-corrected chi connectivity index (χ0v) is 19.9. The van der Waals surface area contributed by atoms with E-state index in [0.29, 0.717) is 24.0 Å². The number of nitrogens with zero attached hydrogens (tertiary/aromatic N) is 2. The van der Waals surface area contributed by atoms with Crippen LogP contribution in [-0.2, 0) is 25.2 Å². The Balaban J connectivity index is 1.83. The third-order valence-electron chi connectivity index (χ3n) is 5.63. The molecule has 33 heavy (non-hydrogen) atoms. The number of rotatable bonds is 8. The highest BCUT2D eigenvalue weighted by Gasteiger charge is 2.52. The molecule has 0 spiro atoms. The van der Waals surface area contributed by atoms with E-state index in [0.717, 1.165) is 9.21 Å². The predicted molar refractivity (Wildman–Crippen MR) is 124 cm³/mol. The molecule has 1 saturated heterocycles. The normalized spacial score (nSPS) is 18.5. The van der Waals surface area contributed by atoms with E-state index in [-0.39, 0.29) is 10.6 Å². The van der Waals surface area contributed by atoms with Gasteiger partial charge in [-0.05, 0) is 36.6 Å². The summed E-state index contributed by atoms with van der Waals surface area (Å²) >= 11 is 0. The summed E-state index contributed by atoms with van der Waals surface area (Å²) in [6.45, 7) is 3.14. The number of hydrogen-bond donors (Lipinski definition) is 2. The van der Waals surface area contributed by atoms with Crippen LogP contribution < -0.4 is 10.6 Å². The molecule has 176 valence electrons. The molecular weight excluding hydrogens is 444 g/mol. The highest BCUT2D eigenvalue weighted by atomic mass is 32.2. The van der Waals surface area contributed by atoms with Crippen LogP contribution in [0.15, 0.2) is 53.4 Å². The first-order valence-electron chi connectivity index (χ1n) is 10.6. The van der Waals surface area contributed by atoms with Crippen molar-refractivity contribution in [3.8, 4) is 0 Å². The summed E-state index contributed by atoms with van der Waals surface area (Å²) in [6, 6.07) is 12.7. The van der Waals surface area contributed by atoms with E-state index >= 15 is 0 Å². The first-order valence-corrected chi connectivity index (χ1v) is 12.0. The molecule has 3 rings (SSSR count). The van der Waals surface area contributed by atoms with Crippen molar-refractivity contribution >= 4 is 33.6 Å². The maximum atomic E-state index is 13.3. The minimum Gasteiger partial charge on any atom is -0.324 e. The van der Waals surface area contributed by atoms with Crippen LogP contribution in [0.3, 0.4) is 0 Å². The van der Waals surface area contributed by atoms with Gasteiger partial charge in [0.25, 0.3) is 5.91 Å². The van der Waals surface area contributed by atoms with Crippen molar-refractivity contribution < 1.29 is 22.8 Å². The maximum Gasteiger partial charge on any atom is 0.325 e. The lowest BCUT2D eigenvalue weighted by molar-refractivity contribution is -0.134. The monoisotopic (exact) mass is 472 g/mol. The molecule has 0 radical (unpaired) electrons. The molecule has 1 aliphatic heterocycles. The second kappa shape index (κ2) is 9.32. The third-order valence-corrected chi connectivity index (χ3v) is 7.44. The Kier molecular flexibility index (Phi) is 6.89. The molecule has 0 aliphatic carbocycles. The lowest BCUT2D eigenvalue weighted by Gasteiger charge is -2.26. The van der Waals surface area contributed by atoms with E-state index in [1.807, 2.05) is 13.0 Å². The first-order chi connectivity index (χ1) is 15.5. The molecule has 0 saturated carbocycles. The van der Waals surface area contributed by atoms with Crippen molar-refractivity contribution in [2.45, 2.75) is 37.1 Å². The number of sulfonamides is 1. The molecule has 1 unspecified atom stereocenters. The van der Waals surface area contributed by atoms with Gasteiger partial charge in [-0.25, -0.2) is 17.5 Å². The number of carbonyl (C=O) groups is 3. The largest absolute Gasteiger partial charge is 0.325 e. The minimum absolute atomic E-state index is 0.0226. The average Bonchev–Trinajstić information content (AvgIpc) is 3.01. The van der Waals surface area contributed by atoms with E-state index in [4.69, 9.17) is 0 Å². The van der Waals surface area contributed by atoms with E-state index in [9.17, 15) is 22.8 Å².